The van der Waals surface area contributed by atoms with E-state index in [-0.39, 0.29) is 10.5 Å². The molecule has 0 fully saturated rings. The third kappa shape index (κ3) is 4.23. The summed E-state index contributed by atoms with van der Waals surface area (Å²) in [6.07, 6.45) is 5.76. The van der Waals surface area contributed by atoms with Crippen molar-refractivity contribution >= 4 is 17.4 Å². The van der Waals surface area contributed by atoms with Gasteiger partial charge in [-0.25, -0.2) is 9.36 Å². The van der Waals surface area contributed by atoms with Crippen molar-refractivity contribution in [1.29, 1.82) is 5.26 Å². The van der Waals surface area contributed by atoms with Crippen molar-refractivity contribution in [2.45, 2.75) is 25.8 Å². The fourth-order valence-corrected chi connectivity index (χ4v) is 4.48. The second kappa shape index (κ2) is 9.06. The summed E-state index contributed by atoms with van der Waals surface area (Å²) in [7, 11) is 7.63. The first-order chi connectivity index (χ1) is 16.6. The van der Waals surface area contributed by atoms with Crippen LogP contribution in [0.4, 0.5) is 10.5 Å². The molecule has 0 saturated heterocycles. The maximum atomic E-state index is 13.4. The van der Waals surface area contributed by atoms with Crippen LogP contribution in [0.1, 0.15) is 30.8 Å². The van der Waals surface area contributed by atoms with Crippen LogP contribution < -0.4 is 14.4 Å². The van der Waals surface area contributed by atoms with Crippen molar-refractivity contribution in [3.8, 4) is 17.2 Å². The minimum Gasteiger partial charge on any atom is -0.311 e. The number of amides is 2. The van der Waals surface area contributed by atoms with Gasteiger partial charge in [-0.15, -0.1) is 0 Å². The molecule has 1 aromatic carbocycles. The van der Waals surface area contributed by atoms with E-state index in [2.05, 4.69) is 39.3 Å². The van der Waals surface area contributed by atoms with Gasteiger partial charge in [0.15, 0.2) is 17.6 Å². The molecule has 1 aliphatic heterocycles. The summed E-state index contributed by atoms with van der Waals surface area (Å²) >= 11 is 0. The van der Waals surface area contributed by atoms with Crippen molar-refractivity contribution in [2.75, 3.05) is 21.1 Å². The topological polar surface area (TPSA) is 72.9 Å². The van der Waals surface area contributed by atoms with Crippen molar-refractivity contribution in [2.24, 2.45) is 7.05 Å². The first-order valence-electron chi connectivity index (χ1n) is 11.6. The molecular formula is C28H32N6O+2. The number of rotatable bonds is 6. The molecule has 0 spiro atoms. The third-order valence-electron chi connectivity index (χ3n) is 6.82. The number of benzene rings is 1. The number of carbonyl (C=O) groups is 1. The summed E-state index contributed by atoms with van der Waals surface area (Å²) < 4.78 is 2.08. The summed E-state index contributed by atoms with van der Waals surface area (Å²) in [5, 5.41) is 12.7. The van der Waals surface area contributed by atoms with E-state index in [1.807, 2.05) is 77.6 Å². The highest BCUT2D eigenvalue weighted by molar-refractivity contribution is 6.03. The smallest absolute Gasteiger partial charge is 0.311 e. The summed E-state index contributed by atoms with van der Waals surface area (Å²) in [6, 6.07) is 18.2. The summed E-state index contributed by atoms with van der Waals surface area (Å²) in [5.41, 5.74) is 5.95. The van der Waals surface area contributed by atoms with Crippen LogP contribution in [-0.2, 0) is 19.0 Å². The van der Waals surface area contributed by atoms with E-state index in [9.17, 15) is 10.1 Å². The summed E-state index contributed by atoms with van der Waals surface area (Å²) in [5.74, 6) is 0. The lowest BCUT2D eigenvalue weighted by Gasteiger charge is -2.28. The fraction of sp³-hybridized carbons (Fsp3) is 0.286. The van der Waals surface area contributed by atoms with Gasteiger partial charge in [0.05, 0.1) is 31.3 Å². The molecule has 4 rings (SSSR count). The van der Waals surface area contributed by atoms with Crippen LogP contribution in [0.15, 0.2) is 67.1 Å². The van der Waals surface area contributed by atoms with E-state index < -0.39 is 5.41 Å². The Bertz CT molecular complexity index is 1350. The van der Waals surface area contributed by atoms with Gasteiger partial charge in [-0.1, -0.05) is 12.1 Å². The molecule has 35 heavy (non-hydrogen) atoms. The number of hydrogen-bond acceptors (Lipinski definition) is 4. The average Bonchev–Trinajstić information content (AvgIpc) is 3.10. The van der Waals surface area contributed by atoms with Crippen LogP contribution >= 0.6 is 0 Å². The number of carbonyl (C=O) groups excluding carboxylic acids is 1. The molecule has 7 nitrogen and oxygen atoms in total. The third-order valence-corrected chi connectivity index (χ3v) is 6.82. The number of aromatic nitrogens is 2. The maximum Gasteiger partial charge on any atom is 0.433 e. The monoisotopic (exact) mass is 468 g/mol. The van der Waals surface area contributed by atoms with Crippen LogP contribution in [0.3, 0.4) is 0 Å². The molecule has 3 heterocycles. The van der Waals surface area contributed by atoms with E-state index in [1.54, 1.807) is 18.1 Å². The molecule has 0 saturated carbocycles. The Labute approximate surface area is 207 Å². The minimum atomic E-state index is -0.601. The second-order valence-corrected chi connectivity index (χ2v) is 9.68. The van der Waals surface area contributed by atoms with E-state index in [4.69, 9.17) is 0 Å². The highest BCUT2D eigenvalue weighted by Gasteiger charge is 2.48. The van der Waals surface area contributed by atoms with Crippen LogP contribution in [0.25, 0.3) is 16.8 Å². The summed E-state index contributed by atoms with van der Waals surface area (Å²) in [4.78, 5) is 19.7. The molecule has 3 aromatic rings. The van der Waals surface area contributed by atoms with Gasteiger partial charge in [-0.3, -0.25) is 9.88 Å². The number of nitriles is 1. The summed E-state index contributed by atoms with van der Waals surface area (Å²) in [6.45, 7) is 4.57. The molecule has 1 aliphatic rings. The first kappa shape index (κ1) is 24.3. The van der Waals surface area contributed by atoms with Gasteiger partial charge in [0.2, 0.25) is 0 Å². The Morgan fingerprint density at radius 3 is 2.49 bits per heavy atom. The first-order valence-corrected chi connectivity index (χ1v) is 11.6. The number of aryl methyl sites for hydroxylation is 1. The zero-order valence-corrected chi connectivity index (χ0v) is 21.2. The zero-order chi connectivity index (χ0) is 25.4. The molecule has 2 aromatic heterocycles. The fourth-order valence-electron chi connectivity index (χ4n) is 4.48. The van der Waals surface area contributed by atoms with Gasteiger partial charge in [0.25, 0.3) is 0 Å². The van der Waals surface area contributed by atoms with Crippen molar-refractivity contribution in [1.82, 2.24) is 19.7 Å². The SMILES string of the molecule is CNCc1ccc(-c2ccnc(C3=CN(C)C(=O)[N+]3(C)c3ccc(C(C)(C)C#N)cc3)c2)c[n+]1C. The normalized spacial score (nSPS) is 17.9. The number of urea groups is 1. The van der Waals surface area contributed by atoms with Crippen LogP contribution in [0.2, 0.25) is 0 Å². The number of nitrogens with one attached hydrogen (secondary N) is 1. The highest BCUT2D eigenvalue weighted by Crippen LogP contribution is 2.39. The molecule has 1 unspecified atom stereocenters. The van der Waals surface area contributed by atoms with Gasteiger partial charge in [0.1, 0.15) is 18.4 Å². The van der Waals surface area contributed by atoms with Crippen molar-refractivity contribution < 1.29 is 9.36 Å². The van der Waals surface area contributed by atoms with Crippen molar-refractivity contribution in [3.05, 3.63) is 84.1 Å². The lowest BCUT2D eigenvalue weighted by molar-refractivity contribution is -0.678. The van der Waals surface area contributed by atoms with Gasteiger partial charge >= 0.3 is 6.03 Å². The van der Waals surface area contributed by atoms with E-state index in [0.29, 0.717) is 0 Å². The molecule has 7 heteroatoms. The molecule has 1 atom stereocenters. The van der Waals surface area contributed by atoms with Gasteiger partial charge in [0, 0.05) is 37.0 Å². The Morgan fingerprint density at radius 2 is 1.86 bits per heavy atom. The Morgan fingerprint density at radius 1 is 1.14 bits per heavy atom. The predicted octanol–water partition coefficient (Wildman–Crippen LogP) is 4.09. The Balaban J connectivity index is 1.75. The van der Waals surface area contributed by atoms with E-state index in [0.717, 1.165) is 40.3 Å². The number of hydrogen-bond donors (Lipinski definition) is 1. The minimum absolute atomic E-state index is 0.0326. The number of pyridine rings is 2. The van der Waals surface area contributed by atoms with E-state index >= 15 is 0 Å². The number of quaternary nitrogens is 1. The number of nitrogens with zero attached hydrogens (tertiary/aromatic N) is 5. The van der Waals surface area contributed by atoms with Gasteiger partial charge < -0.3 is 5.32 Å². The van der Waals surface area contributed by atoms with E-state index in [1.165, 1.54) is 5.69 Å². The standard InChI is InChI=1S/C28H32N6O/c1-28(2,19-29)22-8-11-24(12-9-22)34(6)26(18-33(5)27(34)35)25-15-20(13-14-31-25)21-7-10-23(16-30-3)32(4)17-21/h7-15,17-18,30H,16H2,1-6H3/q+2. The molecular weight excluding hydrogens is 436 g/mol. The molecule has 0 radical (unpaired) electrons. The van der Waals surface area contributed by atoms with Crippen molar-refractivity contribution in [3.63, 3.8) is 0 Å². The molecule has 2 amide bonds. The van der Waals surface area contributed by atoms with Crippen LogP contribution in [0, 0.1) is 11.3 Å². The quantitative estimate of drug-likeness (QED) is 0.437. The Kier molecular flexibility index (Phi) is 6.28. The zero-order valence-electron chi connectivity index (χ0n) is 21.2. The van der Waals surface area contributed by atoms with Crippen LogP contribution in [-0.4, -0.2) is 37.1 Å². The lowest BCUT2D eigenvalue weighted by Crippen LogP contribution is -2.48. The average molecular weight is 469 g/mol. The molecule has 178 valence electrons. The predicted molar refractivity (Wildman–Crippen MR) is 138 cm³/mol. The lowest BCUT2D eigenvalue weighted by atomic mass is 9.86. The molecule has 1 N–H and O–H groups in total. The highest BCUT2D eigenvalue weighted by atomic mass is 16.2. The van der Waals surface area contributed by atoms with Gasteiger partial charge in [-0.2, -0.15) is 9.74 Å². The largest absolute Gasteiger partial charge is 0.433 e. The molecule has 0 aliphatic carbocycles. The Hall–Kier alpha value is -3.86. The second-order valence-electron chi connectivity index (χ2n) is 9.68. The van der Waals surface area contributed by atoms with Gasteiger partial charge in [-0.05, 0) is 50.2 Å². The molecule has 0 bridgehead atoms. The van der Waals surface area contributed by atoms with Crippen LogP contribution in [0.5, 0.6) is 0 Å². The maximum absolute atomic E-state index is 13.4.